The zero-order valence-corrected chi connectivity index (χ0v) is 10.7. The van der Waals surface area contributed by atoms with E-state index in [9.17, 15) is 4.79 Å². The quantitative estimate of drug-likeness (QED) is 0.574. The molecule has 0 bridgehead atoms. The van der Waals surface area contributed by atoms with Crippen molar-refractivity contribution in [3.05, 3.63) is 23.8 Å². The molecule has 5 heteroatoms. The molecule has 0 amide bonds. The molecule has 5 nitrogen and oxygen atoms in total. The van der Waals surface area contributed by atoms with Gasteiger partial charge in [-0.15, -0.1) is 0 Å². The zero-order chi connectivity index (χ0) is 13.5. The number of anilines is 1. The molecule has 0 saturated carbocycles. The number of rotatable bonds is 7. The number of carboxylic acid groups (broad SMARTS) is 1. The van der Waals surface area contributed by atoms with Crippen molar-refractivity contribution in [1.82, 2.24) is 0 Å². The second kappa shape index (κ2) is 6.86. The summed E-state index contributed by atoms with van der Waals surface area (Å²) in [6, 6.07) is 4.55. The molecule has 0 saturated heterocycles. The normalized spacial score (nSPS) is 10.6. The lowest BCUT2D eigenvalue weighted by atomic mass is 10.2. The first-order valence-corrected chi connectivity index (χ1v) is 5.84. The van der Waals surface area contributed by atoms with E-state index in [1.165, 1.54) is 6.07 Å². The molecule has 0 heterocycles. The van der Waals surface area contributed by atoms with Gasteiger partial charge in [0, 0.05) is 12.3 Å². The second-order valence-electron chi connectivity index (χ2n) is 4.38. The minimum absolute atomic E-state index is 0.0684. The number of carbonyl (C=O) groups is 1. The molecule has 1 aromatic rings. The number of nitrogens with two attached hydrogens (primary N) is 1. The highest BCUT2D eigenvalue weighted by Gasteiger charge is 2.11. The van der Waals surface area contributed by atoms with Crippen molar-refractivity contribution < 1.29 is 19.4 Å². The fourth-order valence-electron chi connectivity index (χ4n) is 1.37. The SMILES string of the molecule is CC(C)COCCOc1ccc(N)cc1C(=O)O. The molecule has 100 valence electrons. The standard InChI is InChI=1S/C13H19NO4/c1-9(2)8-17-5-6-18-12-4-3-10(14)7-11(12)13(15)16/h3-4,7,9H,5-6,8,14H2,1-2H3,(H,15,16). The van der Waals surface area contributed by atoms with Gasteiger partial charge in [-0.1, -0.05) is 13.8 Å². The van der Waals surface area contributed by atoms with Gasteiger partial charge in [-0.3, -0.25) is 0 Å². The molecule has 3 N–H and O–H groups in total. The molecule has 0 radical (unpaired) electrons. The lowest BCUT2D eigenvalue weighted by Crippen LogP contribution is -2.12. The van der Waals surface area contributed by atoms with Crippen LogP contribution in [0.25, 0.3) is 0 Å². The summed E-state index contributed by atoms with van der Waals surface area (Å²) in [7, 11) is 0. The predicted molar refractivity (Wildman–Crippen MR) is 69.0 cm³/mol. The summed E-state index contributed by atoms with van der Waals surface area (Å²) in [6.45, 7) is 5.53. The van der Waals surface area contributed by atoms with Crippen molar-refractivity contribution in [3.63, 3.8) is 0 Å². The number of hydrogen-bond acceptors (Lipinski definition) is 4. The summed E-state index contributed by atoms with van der Waals surface area (Å²) in [5.41, 5.74) is 6.00. The van der Waals surface area contributed by atoms with E-state index in [4.69, 9.17) is 20.3 Å². The molecular formula is C13H19NO4. The minimum atomic E-state index is -1.06. The summed E-state index contributed by atoms with van der Waals surface area (Å²) in [5.74, 6) is -0.277. The van der Waals surface area contributed by atoms with Crippen LogP contribution in [0.2, 0.25) is 0 Å². The first-order valence-electron chi connectivity index (χ1n) is 5.84. The third kappa shape index (κ3) is 4.63. The van der Waals surface area contributed by atoms with Gasteiger partial charge < -0.3 is 20.3 Å². The Morgan fingerprint density at radius 1 is 1.39 bits per heavy atom. The largest absolute Gasteiger partial charge is 0.490 e. The third-order valence-corrected chi connectivity index (χ3v) is 2.17. The van der Waals surface area contributed by atoms with Gasteiger partial charge >= 0.3 is 5.97 Å². The Balaban J connectivity index is 2.49. The van der Waals surface area contributed by atoms with Gasteiger partial charge in [0.25, 0.3) is 0 Å². The number of hydrogen-bond donors (Lipinski definition) is 2. The van der Waals surface area contributed by atoms with E-state index in [1.807, 2.05) is 0 Å². The van der Waals surface area contributed by atoms with Gasteiger partial charge in [0.2, 0.25) is 0 Å². The van der Waals surface area contributed by atoms with Crippen molar-refractivity contribution >= 4 is 11.7 Å². The highest BCUT2D eigenvalue weighted by atomic mass is 16.5. The zero-order valence-electron chi connectivity index (χ0n) is 10.7. The van der Waals surface area contributed by atoms with Gasteiger partial charge in [-0.05, 0) is 24.1 Å². The van der Waals surface area contributed by atoms with Crippen LogP contribution in [-0.4, -0.2) is 30.9 Å². The Labute approximate surface area is 107 Å². The highest BCUT2D eigenvalue weighted by Crippen LogP contribution is 2.21. The molecule has 0 aliphatic heterocycles. The Morgan fingerprint density at radius 2 is 2.11 bits per heavy atom. The van der Waals surface area contributed by atoms with Crippen LogP contribution in [0.3, 0.4) is 0 Å². The number of benzene rings is 1. The molecule has 18 heavy (non-hydrogen) atoms. The van der Waals surface area contributed by atoms with Crippen LogP contribution in [0.4, 0.5) is 5.69 Å². The summed E-state index contributed by atoms with van der Waals surface area (Å²) >= 11 is 0. The van der Waals surface area contributed by atoms with Crippen molar-refractivity contribution in [1.29, 1.82) is 0 Å². The molecule has 0 spiro atoms. The van der Waals surface area contributed by atoms with Crippen LogP contribution in [0.1, 0.15) is 24.2 Å². The maximum Gasteiger partial charge on any atom is 0.339 e. The molecule has 0 aromatic heterocycles. The van der Waals surface area contributed by atoms with Crippen molar-refractivity contribution in [3.8, 4) is 5.75 Å². The summed E-state index contributed by atoms with van der Waals surface area (Å²) in [5, 5.41) is 9.00. The lowest BCUT2D eigenvalue weighted by Gasteiger charge is -2.11. The van der Waals surface area contributed by atoms with Crippen LogP contribution >= 0.6 is 0 Å². The van der Waals surface area contributed by atoms with Gasteiger partial charge in [0.15, 0.2) is 0 Å². The van der Waals surface area contributed by atoms with E-state index >= 15 is 0 Å². The summed E-state index contributed by atoms with van der Waals surface area (Å²) in [6.07, 6.45) is 0. The summed E-state index contributed by atoms with van der Waals surface area (Å²) < 4.78 is 10.7. The molecule has 0 fully saturated rings. The minimum Gasteiger partial charge on any atom is -0.490 e. The molecule has 1 aromatic carbocycles. The average molecular weight is 253 g/mol. The smallest absolute Gasteiger partial charge is 0.339 e. The maximum atomic E-state index is 11.0. The van der Waals surface area contributed by atoms with Gasteiger partial charge in [0.05, 0.1) is 6.61 Å². The monoisotopic (exact) mass is 253 g/mol. The van der Waals surface area contributed by atoms with Crippen LogP contribution in [0, 0.1) is 5.92 Å². The van der Waals surface area contributed by atoms with Crippen molar-refractivity contribution in [2.75, 3.05) is 25.6 Å². The molecule has 0 aliphatic rings. The fraction of sp³-hybridized carbons (Fsp3) is 0.462. The topological polar surface area (TPSA) is 81.8 Å². The Morgan fingerprint density at radius 3 is 2.72 bits per heavy atom. The van der Waals surface area contributed by atoms with Crippen LogP contribution < -0.4 is 10.5 Å². The second-order valence-corrected chi connectivity index (χ2v) is 4.38. The number of carboxylic acids is 1. The van der Waals surface area contributed by atoms with Gasteiger partial charge in [-0.25, -0.2) is 4.79 Å². The van der Waals surface area contributed by atoms with E-state index in [2.05, 4.69) is 13.8 Å². The van der Waals surface area contributed by atoms with Crippen molar-refractivity contribution in [2.24, 2.45) is 5.92 Å². The Hall–Kier alpha value is -1.75. The first kappa shape index (κ1) is 14.3. The van der Waals surface area contributed by atoms with Gasteiger partial charge in [-0.2, -0.15) is 0 Å². The number of aromatic carboxylic acids is 1. The van der Waals surface area contributed by atoms with Crippen LogP contribution in [0.15, 0.2) is 18.2 Å². The number of nitrogen functional groups attached to an aromatic ring is 1. The van der Waals surface area contributed by atoms with E-state index in [0.717, 1.165) is 0 Å². The van der Waals surface area contributed by atoms with E-state index in [-0.39, 0.29) is 5.56 Å². The molecule has 1 rings (SSSR count). The first-order chi connectivity index (χ1) is 8.50. The van der Waals surface area contributed by atoms with Crippen LogP contribution in [-0.2, 0) is 4.74 Å². The fourth-order valence-corrected chi connectivity index (χ4v) is 1.37. The van der Waals surface area contributed by atoms with E-state index in [1.54, 1.807) is 12.1 Å². The molecule has 0 atom stereocenters. The van der Waals surface area contributed by atoms with Crippen LogP contribution in [0.5, 0.6) is 5.75 Å². The van der Waals surface area contributed by atoms with E-state index in [0.29, 0.717) is 37.2 Å². The number of ether oxygens (including phenoxy) is 2. The highest BCUT2D eigenvalue weighted by molar-refractivity contribution is 5.92. The average Bonchev–Trinajstić information content (AvgIpc) is 2.29. The Kier molecular flexibility index (Phi) is 5.45. The Bertz CT molecular complexity index is 404. The maximum absolute atomic E-state index is 11.0. The molecular weight excluding hydrogens is 234 g/mol. The predicted octanol–water partition coefficient (Wildman–Crippen LogP) is 2.02. The third-order valence-electron chi connectivity index (χ3n) is 2.17. The van der Waals surface area contributed by atoms with E-state index < -0.39 is 5.97 Å². The molecule has 0 aliphatic carbocycles. The summed E-state index contributed by atoms with van der Waals surface area (Å²) in [4.78, 5) is 11.0. The lowest BCUT2D eigenvalue weighted by molar-refractivity contribution is 0.0677. The van der Waals surface area contributed by atoms with Gasteiger partial charge in [0.1, 0.15) is 17.9 Å². The van der Waals surface area contributed by atoms with Crippen molar-refractivity contribution in [2.45, 2.75) is 13.8 Å². The molecule has 0 unspecified atom stereocenters.